The van der Waals surface area contributed by atoms with Gasteiger partial charge in [0.1, 0.15) is 5.75 Å². The van der Waals surface area contributed by atoms with Gasteiger partial charge in [-0.15, -0.1) is 0 Å². The summed E-state index contributed by atoms with van der Waals surface area (Å²) in [5.74, 6) is 0.0564. The topological polar surface area (TPSA) is 63.0 Å². The number of fused-ring (bicyclic) bond motifs is 1. The summed E-state index contributed by atoms with van der Waals surface area (Å²) in [5, 5.41) is 0.272. The van der Waals surface area contributed by atoms with E-state index in [0.717, 1.165) is 5.52 Å². The van der Waals surface area contributed by atoms with Crippen molar-refractivity contribution in [3.63, 3.8) is 0 Å². The number of halogens is 3. The van der Waals surface area contributed by atoms with Crippen LogP contribution in [0.3, 0.4) is 0 Å². The van der Waals surface area contributed by atoms with Crippen LogP contribution in [0, 0.1) is 14.0 Å². The lowest BCUT2D eigenvalue weighted by Crippen LogP contribution is -2.20. The highest BCUT2D eigenvalue weighted by atomic mass is 32.2. The van der Waals surface area contributed by atoms with Gasteiger partial charge in [0.05, 0.1) is 16.7 Å². The van der Waals surface area contributed by atoms with Crippen molar-refractivity contribution < 1.29 is 22.5 Å². The summed E-state index contributed by atoms with van der Waals surface area (Å²) in [6.45, 7) is 0.188. The Hall–Kier alpha value is -2.26. The largest absolute Gasteiger partial charge is 0.609 e. The molecule has 3 aromatic rings. The van der Waals surface area contributed by atoms with Crippen LogP contribution in [-0.2, 0) is 16.9 Å². The molecule has 2 heterocycles. The Kier molecular flexibility index (Phi) is 5.10. The van der Waals surface area contributed by atoms with Crippen molar-refractivity contribution in [3.8, 4) is 5.75 Å². The molecule has 0 fully saturated rings. The summed E-state index contributed by atoms with van der Waals surface area (Å²) in [4.78, 5) is 8.44. The lowest BCUT2D eigenvalue weighted by atomic mass is 10.2. The van der Waals surface area contributed by atoms with Crippen molar-refractivity contribution in [2.75, 3.05) is 6.61 Å². The summed E-state index contributed by atoms with van der Waals surface area (Å²) in [6, 6.07) is 8.59. The van der Waals surface area contributed by atoms with Crippen LogP contribution in [0.1, 0.15) is 11.3 Å². The molecule has 0 amide bonds. The monoisotopic (exact) mass is 382 g/mol. The number of benzene rings is 1. The summed E-state index contributed by atoms with van der Waals surface area (Å²) < 4.78 is 56.0. The van der Waals surface area contributed by atoms with Gasteiger partial charge in [-0.2, -0.15) is 18.2 Å². The van der Waals surface area contributed by atoms with Crippen LogP contribution in [0.15, 0.2) is 41.7 Å². The first-order valence-corrected chi connectivity index (χ1v) is 8.89. The third kappa shape index (κ3) is 3.94. The van der Waals surface area contributed by atoms with Gasteiger partial charge in [0, 0.05) is 30.0 Å². The highest BCUT2D eigenvalue weighted by Crippen LogP contribution is 2.26. The Morgan fingerprint density at radius 1 is 1.27 bits per heavy atom. The van der Waals surface area contributed by atoms with Crippen LogP contribution >= 0.6 is 0 Å². The average molecular weight is 382 g/mol. The number of hydrogen-bond acceptors (Lipinski definition) is 4. The van der Waals surface area contributed by atoms with Gasteiger partial charge in [-0.05, 0) is 25.1 Å². The molecule has 0 spiro atoms. The molecular formula is C17H15F3N3O2S. The van der Waals surface area contributed by atoms with Gasteiger partial charge in [-0.25, -0.2) is 0 Å². The highest BCUT2D eigenvalue weighted by molar-refractivity contribution is 7.90. The second-order valence-electron chi connectivity index (χ2n) is 5.59. The minimum Gasteiger partial charge on any atom is -0.609 e. The first-order chi connectivity index (χ1) is 12.3. The minimum atomic E-state index is -4.43. The number of alkyl halides is 3. The van der Waals surface area contributed by atoms with E-state index in [1.165, 1.54) is 16.8 Å². The average Bonchev–Trinajstić information content (AvgIpc) is 2.92. The summed E-state index contributed by atoms with van der Waals surface area (Å²) in [5.41, 5.74) is 2.20. The molecule has 0 aliphatic carbocycles. The molecule has 1 unspecified atom stereocenters. The zero-order chi connectivity index (χ0) is 18.9. The molecular weight excluding hydrogens is 367 g/mol. The lowest BCUT2D eigenvalue weighted by Gasteiger charge is -2.14. The molecule has 26 heavy (non-hydrogen) atoms. The molecule has 0 bridgehead atoms. The molecule has 0 N–H and O–H groups in total. The number of aromatic nitrogens is 3. The number of rotatable bonds is 5. The maximum Gasteiger partial charge on any atom is 0.422 e. The van der Waals surface area contributed by atoms with Gasteiger partial charge >= 0.3 is 11.3 Å². The Labute approximate surface area is 151 Å². The van der Waals surface area contributed by atoms with Gasteiger partial charge < -0.3 is 9.29 Å². The van der Waals surface area contributed by atoms with Crippen molar-refractivity contribution in [1.82, 2.24) is 14.5 Å². The summed E-state index contributed by atoms with van der Waals surface area (Å²) in [7, 11) is 3.86. The van der Waals surface area contributed by atoms with E-state index < -0.39 is 24.0 Å². The zero-order valence-electron chi connectivity index (χ0n) is 13.8. The maximum atomic E-state index is 12.7. The molecule has 0 aliphatic heterocycles. The normalized spacial score (nSPS) is 13.2. The molecule has 5 nitrogen and oxygen atoms in total. The Bertz CT molecular complexity index is 927. The van der Waals surface area contributed by atoms with Gasteiger partial charge in [-0.3, -0.25) is 9.55 Å². The fourth-order valence-corrected chi connectivity index (χ4v) is 3.65. The van der Waals surface area contributed by atoms with Crippen molar-refractivity contribution >= 4 is 22.2 Å². The number of ether oxygens (including phenoxy) is 1. The number of pyridine rings is 1. The van der Waals surface area contributed by atoms with E-state index in [0.29, 0.717) is 16.8 Å². The zero-order valence-corrected chi connectivity index (χ0v) is 14.6. The molecule has 3 rings (SSSR count). The number of para-hydroxylation sites is 2. The van der Waals surface area contributed by atoms with E-state index in [2.05, 4.69) is 17.0 Å². The van der Waals surface area contributed by atoms with Gasteiger partial charge in [0.15, 0.2) is 12.4 Å². The molecule has 0 aliphatic rings. The maximum absolute atomic E-state index is 12.7. The van der Waals surface area contributed by atoms with Gasteiger partial charge in [0.25, 0.3) is 0 Å². The quantitative estimate of drug-likeness (QED) is 0.632. The van der Waals surface area contributed by atoms with Crippen LogP contribution in [0.2, 0.25) is 0 Å². The number of hydrogen-bond donors (Lipinski definition) is 0. The molecule has 1 aromatic carbocycles. The van der Waals surface area contributed by atoms with E-state index in [4.69, 9.17) is 4.74 Å². The number of nitrogens with zero attached hydrogens (tertiary/aromatic N) is 3. The molecule has 0 saturated carbocycles. The Morgan fingerprint density at radius 2 is 2.00 bits per heavy atom. The third-order valence-corrected chi connectivity index (χ3v) is 5.00. The minimum absolute atomic E-state index is 0.00606. The smallest absolute Gasteiger partial charge is 0.422 e. The van der Waals surface area contributed by atoms with Gasteiger partial charge in [-0.1, -0.05) is 12.1 Å². The molecule has 1 atom stereocenters. The Morgan fingerprint density at radius 3 is 2.69 bits per heavy atom. The molecule has 0 saturated heterocycles. The predicted octanol–water partition coefficient (Wildman–Crippen LogP) is 3.63. The van der Waals surface area contributed by atoms with Crippen LogP contribution in [0.25, 0.3) is 11.0 Å². The van der Waals surface area contributed by atoms with E-state index in [-0.39, 0.29) is 16.7 Å². The lowest BCUT2D eigenvalue weighted by molar-refractivity contribution is -0.153. The van der Waals surface area contributed by atoms with Crippen molar-refractivity contribution in [3.05, 3.63) is 54.8 Å². The molecule has 2 aromatic heterocycles. The first kappa shape index (κ1) is 18.5. The van der Waals surface area contributed by atoms with Crippen LogP contribution < -0.4 is 4.74 Å². The van der Waals surface area contributed by atoms with Crippen molar-refractivity contribution in [1.29, 1.82) is 0 Å². The van der Waals surface area contributed by atoms with E-state index in [9.17, 15) is 17.7 Å². The van der Waals surface area contributed by atoms with Crippen molar-refractivity contribution in [2.24, 2.45) is 0 Å². The van der Waals surface area contributed by atoms with E-state index in [1.54, 1.807) is 13.0 Å². The first-order valence-electron chi connectivity index (χ1n) is 7.57. The van der Waals surface area contributed by atoms with Gasteiger partial charge in [0.2, 0.25) is 0 Å². The molecule has 137 valence electrons. The van der Waals surface area contributed by atoms with E-state index in [1.807, 2.05) is 18.2 Å². The molecule has 1 radical (unpaired) electrons. The van der Waals surface area contributed by atoms with E-state index >= 15 is 0 Å². The second kappa shape index (κ2) is 7.16. The highest BCUT2D eigenvalue weighted by Gasteiger charge is 2.29. The van der Waals surface area contributed by atoms with Crippen LogP contribution in [0.5, 0.6) is 5.75 Å². The second-order valence-corrected chi connectivity index (χ2v) is 6.93. The Balaban J connectivity index is 1.82. The van der Waals surface area contributed by atoms with Crippen LogP contribution in [0.4, 0.5) is 13.2 Å². The standard InChI is InChI=1S/C17H15F3N3O2S/c1-11-13(21-8-7-15(11)25-10-17(18,19)20)9-26(24)16-22-12-5-3-4-6-14(12)23(16)2/h3-8H,2,9-10H2,1H3. The molecule has 9 heteroatoms. The van der Waals surface area contributed by atoms with Crippen molar-refractivity contribution in [2.45, 2.75) is 24.0 Å². The third-order valence-electron chi connectivity index (χ3n) is 3.74. The number of imidazole rings is 1. The predicted molar refractivity (Wildman–Crippen MR) is 91.1 cm³/mol. The fourth-order valence-electron chi connectivity index (χ4n) is 2.44. The summed E-state index contributed by atoms with van der Waals surface area (Å²) >= 11 is -1.57. The fraction of sp³-hybridized carbons (Fsp3) is 0.235. The SMILES string of the molecule is [CH2]n1c([S+]([O-])Cc2nccc(OCC(F)(F)F)c2C)nc2ccccc21. The summed E-state index contributed by atoms with van der Waals surface area (Å²) in [6.07, 6.45) is -3.10. The van der Waals surface area contributed by atoms with Crippen LogP contribution in [-0.4, -0.2) is 31.9 Å².